The Bertz CT molecular complexity index is 1440. The number of ketones is 1. The number of hydrogen-bond donors (Lipinski definition) is 0. The molecule has 2 aliphatic heterocycles. The SMILES string of the molecule is O=C1C(=O)N(Cc2ccc(F)cc2)c2ccc(S(=O)(=O)N3CCC[C@H]3COc3cn(CCF)nn3)cc21. The van der Waals surface area contributed by atoms with Gasteiger partial charge in [0.25, 0.3) is 17.6 Å². The van der Waals surface area contributed by atoms with Crippen molar-refractivity contribution in [3.63, 3.8) is 0 Å². The van der Waals surface area contributed by atoms with E-state index in [0.717, 1.165) is 0 Å². The first-order valence-electron chi connectivity index (χ1n) is 11.6. The lowest BCUT2D eigenvalue weighted by Gasteiger charge is -2.24. The van der Waals surface area contributed by atoms with Crippen LogP contribution in [0.25, 0.3) is 0 Å². The van der Waals surface area contributed by atoms with Gasteiger partial charge in [-0.3, -0.25) is 9.59 Å². The number of rotatable bonds is 9. The lowest BCUT2D eigenvalue weighted by atomic mass is 10.1. The molecule has 37 heavy (non-hydrogen) atoms. The van der Waals surface area contributed by atoms with Crippen LogP contribution in [0.3, 0.4) is 0 Å². The van der Waals surface area contributed by atoms with Gasteiger partial charge in [-0.05, 0) is 48.7 Å². The van der Waals surface area contributed by atoms with Crippen LogP contribution in [0.1, 0.15) is 28.8 Å². The number of benzene rings is 2. The predicted octanol–water partition coefficient (Wildman–Crippen LogP) is 2.35. The van der Waals surface area contributed by atoms with Crippen LogP contribution < -0.4 is 9.64 Å². The zero-order chi connectivity index (χ0) is 26.2. The molecule has 0 N–H and O–H groups in total. The number of hydrogen-bond acceptors (Lipinski definition) is 7. The van der Waals surface area contributed by atoms with Gasteiger partial charge in [-0.1, -0.05) is 22.4 Å². The number of anilines is 1. The predicted molar refractivity (Wildman–Crippen MR) is 127 cm³/mol. The summed E-state index contributed by atoms with van der Waals surface area (Å²) in [5.74, 6) is -1.83. The molecule has 10 nitrogen and oxygen atoms in total. The molecule has 3 aromatic rings. The van der Waals surface area contributed by atoms with E-state index in [2.05, 4.69) is 10.3 Å². The average molecular weight is 532 g/mol. The number of carbonyl (C=O) groups is 2. The fourth-order valence-corrected chi connectivity index (χ4v) is 6.23. The summed E-state index contributed by atoms with van der Waals surface area (Å²) in [4.78, 5) is 26.5. The minimum Gasteiger partial charge on any atom is -0.474 e. The Kier molecular flexibility index (Phi) is 6.73. The zero-order valence-electron chi connectivity index (χ0n) is 19.6. The van der Waals surface area contributed by atoms with Crippen LogP contribution in [0.5, 0.6) is 5.88 Å². The number of aryl methyl sites for hydroxylation is 1. The van der Waals surface area contributed by atoms with Gasteiger partial charge in [0.1, 0.15) is 19.1 Å². The molecule has 3 heterocycles. The highest BCUT2D eigenvalue weighted by Gasteiger charge is 2.40. The summed E-state index contributed by atoms with van der Waals surface area (Å²) in [6.45, 7) is -0.212. The maximum Gasteiger partial charge on any atom is 0.299 e. The van der Waals surface area contributed by atoms with E-state index in [1.165, 1.54) is 62.5 Å². The van der Waals surface area contributed by atoms with E-state index in [0.29, 0.717) is 24.1 Å². The van der Waals surface area contributed by atoms with Crippen molar-refractivity contribution in [3.05, 3.63) is 65.6 Å². The topological polar surface area (TPSA) is 115 Å². The number of aromatic nitrogens is 3. The van der Waals surface area contributed by atoms with Crippen molar-refractivity contribution in [3.8, 4) is 5.88 Å². The molecule has 0 unspecified atom stereocenters. The third kappa shape index (κ3) is 4.83. The Morgan fingerprint density at radius 3 is 2.65 bits per heavy atom. The Hall–Kier alpha value is -3.71. The van der Waals surface area contributed by atoms with Gasteiger partial charge >= 0.3 is 0 Å². The van der Waals surface area contributed by atoms with Gasteiger partial charge in [0.2, 0.25) is 10.0 Å². The average Bonchev–Trinajstić information content (AvgIpc) is 3.60. The van der Waals surface area contributed by atoms with Crippen molar-refractivity contribution in [2.45, 2.75) is 36.9 Å². The first-order valence-corrected chi connectivity index (χ1v) is 13.1. The molecule has 0 bridgehead atoms. The van der Waals surface area contributed by atoms with Crippen LogP contribution in [0.2, 0.25) is 0 Å². The van der Waals surface area contributed by atoms with Crippen molar-refractivity contribution in [2.24, 2.45) is 0 Å². The molecule has 1 amide bonds. The molecule has 5 rings (SSSR count). The van der Waals surface area contributed by atoms with Crippen LogP contribution in [-0.2, 0) is 27.9 Å². The summed E-state index contributed by atoms with van der Waals surface area (Å²) in [6, 6.07) is 9.12. The molecular weight excluding hydrogens is 508 g/mol. The number of carbonyl (C=O) groups excluding carboxylic acids is 2. The Labute approximate surface area is 211 Å². The number of sulfonamides is 1. The van der Waals surface area contributed by atoms with E-state index in [1.807, 2.05) is 0 Å². The number of Topliss-reactive ketones (excluding diaryl/α,β-unsaturated/α-hetero) is 1. The summed E-state index contributed by atoms with van der Waals surface area (Å²) in [5, 5.41) is 7.54. The molecule has 2 aromatic carbocycles. The number of fused-ring (bicyclic) bond motifs is 1. The first kappa shape index (κ1) is 25.0. The Morgan fingerprint density at radius 1 is 1.11 bits per heavy atom. The molecule has 0 radical (unpaired) electrons. The summed E-state index contributed by atoms with van der Waals surface area (Å²) < 4.78 is 60.9. The summed E-state index contributed by atoms with van der Waals surface area (Å²) >= 11 is 0. The Morgan fingerprint density at radius 2 is 1.89 bits per heavy atom. The summed E-state index contributed by atoms with van der Waals surface area (Å²) in [5.41, 5.74) is 0.928. The van der Waals surface area contributed by atoms with Gasteiger partial charge in [-0.15, -0.1) is 0 Å². The van der Waals surface area contributed by atoms with Gasteiger partial charge in [0.15, 0.2) is 0 Å². The number of alkyl halides is 1. The number of nitrogens with zero attached hydrogens (tertiary/aromatic N) is 5. The minimum absolute atomic E-state index is 0.00432. The second-order valence-electron chi connectivity index (χ2n) is 8.76. The molecule has 2 aliphatic rings. The zero-order valence-corrected chi connectivity index (χ0v) is 20.4. The van der Waals surface area contributed by atoms with Crippen molar-refractivity contribution in [1.29, 1.82) is 0 Å². The molecule has 0 saturated carbocycles. The molecule has 0 spiro atoms. The number of ether oxygens (including phenoxy) is 1. The van der Waals surface area contributed by atoms with Crippen molar-refractivity contribution in [1.82, 2.24) is 19.3 Å². The van der Waals surface area contributed by atoms with Gasteiger partial charge in [-0.25, -0.2) is 21.9 Å². The van der Waals surface area contributed by atoms with Gasteiger partial charge in [-0.2, -0.15) is 4.31 Å². The summed E-state index contributed by atoms with van der Waals surface area (Å²) in [6.07, 6.45) is 2.62. The lowest BCUT2D eigenvalue weighted by molar-refractivity contribution is -0.114. The van der Waals surface area contributed by atoms with Gasteiger partial charge in [0.05, 0.1) is 41.5 Å². The highest BCUT2D eigenvalue weighted by atomic mass is 32.2. The lowest BCUT2D eigenvalue weighted by Crippen LogP contribution is -2.39. The van der Waals surface area contributed by atoms with E-state index in [1.54, 1.807) is 0 Å². The fourth-order valence-electron chi connectivity index (χ4n) is 4.52. The minimum atomic E-state index is -4.00. The van der Waals surface area contributed by atoms with Gasteiger partial charge < -0.3 is 9.64 Å². The molecule has 1 fully saturated rings. The van der Waals surface area contributed by atoms with Gasteiger partial charge in [0, 0.05) is 6.54 Å². The maximum absolute atomic E-state index is 13.5. The molecule has 1 atom stereocenters. The van der Waals surface area contributed by atoms with E-state index >= 15 is 0 Å². The normalized spacial score (nSPS) is 18.0. The van der Waals surface area contributed by atoms with E-state index in [9.17, 15) is 26.8 Å². The molecule has 0 aliphatic carbocycles. The smallest absolute Gasteiger partial charge is 0.299 e. The fraction of sp³-hybridized carbons (Fsp3) is 0.333. The molecule has 1 aromatic heterocycles. The van der Waals surface area contributed by atoms with Crippen LogP contribution in [0.4, 0.5) is 14.5 Å². The highest BCUT2D eigenvalue weighted by molar-refractivity contribution is 7.89. The maximum atomic E-state index is 13.5. The molecule has 1 saturated heterocycles. The standard InChI is InChI=1S/C24H23F2N5O5S/c25-9-11-29-14-22(27-28-29)36-15-18-2-1-10-31(18)37(34,35)19-7-8-21-20(12-19)23(32)24(33)30(21)13-16-3-5-17(26)6-4-16/h3-8,12,14,18H,1-2,9-11,13,15H2/t18-/m0/s1. The first-order chi connectivity index (χ1) is 17.8. The number of halogens is 2. The van der Waals surface area contributed by atoms with Crippen LogP contribution in [0.15, 0.2) is 53.6 Å². The second kappa shape index (κ2) is 9.98. The second-order valence-corrected chi connectivity index (χ2v) is 10.6. The summed E-state index contributed by atoms with van der Waals surface area (Å²) in [7, 11) is -4.00. The highest BCUT2D eigenvalue weighted by Crippen LogP contribution is 2.34. The van der Waals surface area contributed by atoms with Crippen LogP contribution >= 0.6 is 0 Å². The molecule has 194 valence electrons. The van der Waals surface area contributed by atoms with Crippen molar-refractivity contribution >= 4 is 27.4 Å². The third-order valence-electron chi connectivity index (χ3n) is 6.38. The van der Waals surface area contributed by atoms with E-state index in [-0.39, 0.29) is 42.6 Å². The largest absolute Gasteiger partial charge is 0.474 e. The molecule has 13 heteroatoms. The quantitative estimate of drug-likeness (QED) is 0.390. The van der Waals surface area contributed by atoms with Crippen molar-refractivity contribution in [2.75, 3.05) is 24.7 Å². The van der Waals surface area contributed by atoms with E-state index in [4.69, 9.17) is 4.74 Å². The van der Waals surface area contributed by atoms with Crippen LogP contribution in [-0.4, -0.2) is 65.3 Å². The third-order valence-corrected chi connectivity index (χ3v) is 8.33. The monoisotopic (exact) mass is 531 g/mol. The van der Waals surface area contributed by atoms with Crippen molar-refractivity contribution < 1.29 is 31.5 Å². The Balaban J connectivity index is 1.34. The van der Waals surface area contributed by atoms with Crippen LogP contribution in [0, 0.1) is 5.82 Å². The number of amides is 1. The molecular formula is C24H23F2N5O5S. The van der Waals surface area contributed by atoms with E-state index < -0.39 is 40.2 Å².